The Bertz CT molecular complexity index is 686. The summed E-state index contributed by atoms with van der Waals surface area (Å²) in [5, 5.41) is 10.8. The SMILES string of the molecule is NC(=O)Cc1ccc([N+](=O)[O-])cc1-c1ccccc1F. The number of hydrogen-bond donors (Lipinski definition) is 1. The minimum atomic E-state index is -0.587. The molecule has 0 aliphatic heterocycles. The van der Waals surface area contributed by atoms with Crippen LogP contribution in [0.4, 0.5) is 10.1 Å². The van der Waals surface area contributed by atoms with Crippen molar-refractivity contribution >= 4 is 11.6 Å². The Morgan fingerprint density at radius 1 is 1.20 bits per heavy atom. The predicted molar refractivity (Wildman–Crippen MR) is 71.4 cm³/mol. The molecule has 6 heteroatoms. The fourth-order valence-electron chi connectivity index (χ4n) is 1.95. The third-order valence-corrected chi connectivity index (χ3v) is 2.83. The van der Waals surface area contributed by atoms with Gasteiger partial charge in [-0.15, -0.1) is 0 Å². The van der Waals surface area contributed by atoms with E-state index < -0.39 is 16.6 Å². The highest BCUT2D eigenvalue weighted by Crippen LogP contribution is 2.30. The average Bonchev–Trinajstić information content (AvgIpc) is 2.39. The minimum Gasteiger partial charge on any atom is -0.369 e. The Balaban J connectivity index is 2.63. The van der Waals surface area contributed by atoms with Gasteiger partial charge in [-0.2, -0.15) is 0 Å². The van der Waals surface area contributed by atoms with Gasteiger partial charge >= 0.3 is 0 Å². The number of nitro groups is 1. The van der Waals surface area contributed by atoms with Crippen molar-refractivity contribution in [2.75, 3.05) is 0 Å². The zero-order valence-electron chi connectivity index (χ0n) is 10.4. The van der Waals surface area contributed by atoms with Gasteiger partial charge in [-0.3, -0.25) is 14.9 Å². The maximum absolute atomic E-state index is 13.8. The molecule has 2 aromatic carbocycles. The molecule has 0 saturated carbocycles. The monoisotopic (exact) mass is 274 g/mol. The predicted octanol–water partition coefficient (Wildman–Crippen LogP) is 2.43. The maximum Gasteiger partial charge on any atom is 0.270 e. The first-order valence-electron chi connectivity index (χ1n) is 5.79. The van der Waals surface area contributed by atoms with Crippen LogP contribution in [-0.2, 0) is 11.2 Å². The summed E-state index contributed by atoms with van der Waals surface area (Å²) in [4.78, 5) is 21.3. The third-order valence-electron chi connectivity index (χ3n) is 2.83. The molecule has 0 spiro atoms. The normalized spacial score (nSPS) is 10.2. The van der Waals surface area contributed by atoms with Crippen LogP contribution in [0, 0.1) is 15.9 Å². The van der Waals surface area contributed by atoms with Gasteiger partial charge in [0.2, 0.25) is 5.91 Å². The van der Waals surface area contributed by atoms with Crippen molar-refractivity contribution in [2.24, 2.45) is 5.73 Å². The van der Waals surface area contributed by atoms with Crippen LogP contribution in [0.25, 0.3) is 11.1 Å². The summed E-state index contributed by atoms with van der Waals surface area (Å²) in [6, 6.07) is 9.82. The van der Waals surface area contributed by atoms with Gasteiger partial charge in [-0.25, -0.2) is 4.39 Å². The second-order valence-corrected chi connectivity index (χ2v) is 4.22. The van der Waals surface area contributed by atoms with Gasteiger partial charge in [0.15, 0.2) is 0 Å². The number of halogens is 1. The van der Waals surface area contributed by atoms with E-state index in [1.807, 2.05) is 0 Å². The van der Waals surface area contributed by atoms with Crippen LogP contribution < -0.4 is 5.73 Å². The summed E-state index contributed by atoms with van der Waals surface area (Å²) >= 11 is 0. The summed E-state index contributed by atoms with van der Waals surface area (Å²) < 4.78 is 13.8. The Morgan fingerprint density at radius 3 is 2.50 bits per heavy atom. The van der Waals surface area contributed by atoms with E-state index in [0.717, 1.165) is 0 Å². The average molecular weight is 274 g/mol. The molecule has 5 nitrogen and oxygen atoms in total. The fraction of sp³-hybridized carbons (Fsp3) is 0.0714. The van der Waals surface area contributed by atoms with E-state index in [1.54, 1.807) is 6.07 Å². The van der Waals surface area contributed by atoms with Crippen LogP contribution in [0.2, 0.25) is 0 Å². The Morgan fingerprint density at radius 2 is 1.90 bits per heavy atom. The number of non-ortho nitro benzene ring substituents is 1. The second-order valence-electron chi connectivity index (χ2n) is 4.22. The third kappa shape index (κ3) is 2.80. The number of primary amides is 1. The van der Waals surface area contributed by atoms with Crippen molar-refractivity contribution in [3.05, 3.63) is 64.0 Å². The van der Waals surface area contributed by atoms with Crippen LogP contribution in [-0.4, -0.2) is 10.8 Å². The molecule has 1 amide bonds. The number of carbonyl (C=O) groups is 1. The first kappa shape index (κ1) is 13.7. The molecule has 102 valence electrons. The largest absolute Gasteiger partial charge is 0.369 e. The number of rotatable bonds is 4. The molecule has 0 radical (unpaired) electrons. The molecular weight excluding hydrogens is 263 g/mol. The van der Waals surface area contributed by atoms with Crippen molar-refractivity contribution in [1.82, 2.24) is 0 Å². The lowest BCUT2D eigenvalue weighted by molar-refractivity contribution is -0.384. The van der Waals surface area contributed by atoms with E-state index in [4.69, 9.17) is 5.73 Å². The van der Waals surface area contributed by atoms with Gasteiger partial charge in [-0.1, -0.05) is 24.3 Å². The second kappa shape index (κ2) is 5.48. The summed E-state index contributed by atoms with van der Waals surface area (Å²) in [5.74, 6) is -1.10. The summed E-state index contributed by atoms with van der Waals surface area (Å²) in [6.45, 7) is 0. The molecule has 0 aromatic heterocycles. The standard InChI is InChI=1S/C14H11FN2O3/c15-13-4-2-1-3-11(13)12-8-10(17(19)20)6-5-9(12)7-14(16)18/h1-6,8H,7H2,(H2,16,18). The van der Waals surface area contributed by atoms with Gasteiger partial charge < -0.3 is 5.73 Å². The Labute approximate surface area is 114 Å². The number of nitro benzene ring substituents is 1. The van der Waals surface area contributed by atoms with E-state index in [9.17, 15) is 19.3 Å². The minimum absolute atomic E-state index is 0.109. The lowest BCUT2D eigenvalue weighted by atomic mass is 9.96. The zero-order chi connectivity index (χ0) is 14.7. The van der Waals surface area contributed by atoms with Crippen LogP contribution in [0.5, 0.6) is 0 Å². The Hall–Kier alpha value is -2.76. The quantitative estimate of drug-likeness (QED) is 0.686. The first-order chi connectivity index (χ1) is 9.49. The van der Waals surface area contributed by atoms with Gasteiger partial charge in [0.1, 0.15) is 5.82 Å². The molecule has 0 atom stereocenters. The molecule has 0 heterocycles. The molecule has 0 saturated heterocycles. The van der Waals surface area contributed by atoms with Crippen molar-refractivity contribution in [3.8, 4) is 11.1 Å². The topological polar surface area (TPSA) is 86.2 Å². The van der Waals surface area contributed by atoms with Gasteiger partial charge in [0.05, 0.1) is 11.3 Å². The summed E-state index contributed by atoms with van der Waals surface area (Å²) in [6.07, 6.45) is -0.109. The molecule has 20 heavy (non-hydrogen) atoms. The smallest absolute Gasteiger partial charge is 0.270 e. The van der Waals surface area contributed by atoms with E-state index in [2.05, 4.69) is 0 Å². The lowest BCUT2D eigenvalue weighted by Crippen LogP contribution is -2.14. The van der Waals surface area contributed by atoms with Crippen molar-refractivity contribution in [3.63, 3.8) is 0 Å². The van der Waals surface area contributed by atoms with Crippen LogP contribution in [0.3, 0.4) is 0 Å². The fourth-order valence-corrected chi connectivity index (χ4v) is 1.95. The van der Waals surface area contributed by atoms with E-state index >= 15 is 0 Å². The highest BCUT2D eigenvalue weighted by atomic mass is 19.1. The maximum atomic E-state index is 13.8. The highest BCUT2D eigenvalue weighted by molar-refractivity contribution is 5.81. The van der Waals surface area contributed by atoms with Crippen molar-refractivity contribution in [2.45, 2.75) is 6.42 Å². The number of benzene rings is 2. The van der Waals surface area contributed by atoms with E-state index in [-0.39, 0.29) is 17.7 Å². The molecule has 0 fully saturated rings. The highest BCUT2D eigenvalue weighted by Gasteiger charge is 2.15. The number of nitrogens with zero attached hydrogens (tertiary/aromatic N) is 1. The lowest BCUT2D eigenvalue weighted by Gasteiger charge is -2.09. The molecule has 0 bridgehead atoms. The summed E-state index contributed by atoms with van der Waals surface area (Å²) in [5.41, 5.74) is 5.93. The zero-order valence-corrected chi connectivity index (χ0v) is 10.4. The molecular formula is C14H11FN2O3. The molecule has 2 rings (SSSR count). The number of amides is 1. The van der Waals surface area contributed by atoms with Gasteiger partial charge in [-0.05, 0) is 17.2 Å². The number of nitrogens with two attached hydrogens (primary N) is 1. The van der Waals surface area contributed by atoms with Crippen molar-refractivity contribution < 1.29 is 14.1 Å². The van der Waals surface area contributed by atoms with Crippen LogP contribution >= 0.6 is 0 Å². The van der Waals surface area contributed by atoms with Crippen LogP contribution in [0.15, 0.2) is 42.5 Å². The molecule has 0 aliphatic carbocycles. The van der Waals surface area contributed by atoms with Gasteiger partial charge in [0, 0.05) is 17.7 Å². The van der Waals surface area contributed by atoms with E-state index in [0.29, 0.717) is 11.1 Å². The molecule has 0 aliphatic rings. The summed E-state index contributed by atoms with van der Waals surface area (Å²) in [7, 11) is 0. The molecule has 2 N–H and O–H groups in total. The van der Waals surface area contributed by atoms with E-state index in [1.165, 1.54) is 36.4 Å². The Kier molecular flexibility index (Phi) is 3.74. The molecule has 0 unspecified atom stereocenters. The van der Waals surface area contributed by atoms with Gasteiger partial charge in [0.25, 0.3) is 5.69 Å². The first-order valence-corrected chi connectivity index (χ1v) is 5.79. The number of hydrogen-bond acceptors (Lipinski definition) is 3. The molecule has 2 aromatic rings. The number of carbonyl (C=O) groups excluding carboxylic acids is 1. The van der Waals surface area contributed by atoms with Crippen molar-refractivity contribution in [1.29, 1.82) is 0 Å². The van der Waals surface area contributed by atoms with Crippen LogP contribution in [0.1, 0.15) is 5.56 Å².